The average Bonchev–Trinajstić information content (AvgIpc) is 3.08. The molecule has 0 amide bonds. The fourth-order valence-corrected chi connectivity index (χ4v) is 5.22. The summed E-state index contributed by atoms with van der Waals surface area (Å²) in [6.07, 6.45) is 5.59. The van der Waals surface area contributed by atoms with Gasteiger partial charge >= 0.3 is 5.97 Å². The minimum Gasteiger partial charge on any atom is -0.457 e. The van der Waals surface area contributed by atoms with Gasteiger partial charge in [-0.3, -0.25) is 4.98 Å². The van der Waals surface area contributed by atoms with Gasteiger partial charge in [0.2, 0.25) is 10.0 Å². The summed E-state index contributed by atoms with van der Waals surface area (Å²) in [6, 6.07) is 15.5. The SMILES string of the molecule is O=C(OCc1cccc2cccnc12)c1ccc(S(=O)(=O)N2CCCCCC2)cc1. The highest BCUT2D eigenvalue weighted by Crippen LogP contribution is 2.21. The van der Waals surface area contributed by atoms with E-state index < -0.39 is 16.0 Å². The van der Waals surface area contributed by atoms with E-state index in [1.54, 1.807) is 10.5 Å². The van der Waals surface area contributed by atoms with Gasteiger partial charge in [0, 0.05) is 30.2 Å². The van der Waals surface area contributed by atoms with E-state index in [-0.39, 0.29) is 11.5 Å². The van der Waals surface area contributed by atoms with Crippen LogP contribution in [0.1, 0.15) is 41.6 Å². The highest BCUT2D eigenvalue weighted by Gasteiger charge is 2.25. The number of fused-ring (bicyclic) bond motifs is 1. The lowest BCUT2D eigenvalue weighted by Crippen LogP contribution is -2.31. The van der Waals surface area contributed by atoms with Crippen molar-refractivity contribution in [3.05, 3.63) is 71.9 Å². The van der Waals surface area contributed by atoms with Crippen molar-refractivity contribution in [2.45, 2.75) is 37.2 Å². The zero-order valence-corrected chi connectivity index (χ0v) is 17.5. The van der Waals surface area contributed by atoms with Crippen LogP contribution in [0.4, 0.5) is 0 Å². The third-order valence-corrected chi connectivity index (χ3v) is 7.28. The lowest BCUT2D eigenvalue weighted by atomic mass is 10.1. The van der Waals surface area contributed by atoms with Crippen LogP contribution in [0.5, 0.6) is 0 Å². The summed E-state index contributed by atoms with van der Waals surface area (Å²) in [4.78, 5) is 17.0. The van der Waals surface area contributed by atoms with Crippen LogP contribution in [0.25, 0.3) is 10.9 Å². The molecule has 0 unspecified atom stereocenters. The second kappa shape index (κ2) is 8.93. The lowest BCUT2D eigenvalue weighted by molar-refractivity contribution is 0.0474. The number of carbonyl (C=O) groups excluding carboxylic acids is 1. The van der Waals surface area contributed by atoms with Gasteiger partial charge in [0.05, 0.1) is 16.0 Å². The Labute approximate surface area is 176 Å². The molecule has 0 saturated carbocycles. The summed E-state index contributed by atoms with van der Waals surface area (Å²) < 4.78 is 32.7. The number of nitrogens with zero attached hydrogens (tertiary/aromatic N) is 2. The van der Waals surface area contributed by atoms with Gasteiger partial charge in [-0.05, 0) is 43.2 Å². The average molecular weight is 425 g/mol. The molecular weight excluding hydrogens is 400 g/mol. The standard InChI is InChI=1S/C23H24N2O4S/c26-23(29-17-20-8-5-7-18-9-6-14-24-22(18)20)19-10-12-21(13-11-19)30(27,28)25-15-3-1-2-4-16-25/h5-14H,1-4,15-17H2. The summed E-state index contributed by atoms with van der Waals surface area (Å²) in [5, 5.41) is 0.981. The topological polar surface area (TPSA) is 76.6 Å². The minimum atomic E-state index is -3.53. The molecule has 0 atom stereocenters. The molecule has 6 nitrogen and oxygen atoms in total. The summed E-state index contributed by atoms with van der Waals surface area (Å²) in [5.41, 5.74) is 1.94. The van der Waals surface area contributed by atoms with Crippen LogP contribution in [-0.4, -0.2) is 36.8 Å². The van der Waals surface area contributed by atoms with Gasteiger partial charge in [0.25, 0.3) is 0 Å². The molecule has 1 aliphatic heterocycles. The van der Waals surface area contributed by atoms with E-state index in [2.05, 4.69) is 4.98 Å². The quantitative estimate of drug-likeness (QED) is 0.575. The number of ether oxygens (including phenoxy) is 1. The second-order valence-electron chi connectivity index (χ2n) is 7.41. The van der Waals surface area contributed by atoms with Crippen molar-refractivity contribution >= 4 is 26.9 Å². The van der Waals surface area contributed by atoms with Crippen molar-refractivity contribution < 1.29 is 17.9 Å². The van der Waals surface area contributed by atoms with E-state index >= 15 is 0 Å². The summed E-state index contributed by atoms with van der Waals surface area (Å²) in [5.74, 6) is -0.498. The van der Waals surface area contributed by atoms with E-state index in [1.807, 2.05) is 30.3 Å². The Hall–Kier alpha value is -2.77. The number of rotatable bonds is 5. The molecule has 1 saturated heterocycles. The molecule has 0 bridgehead atoms. The van der Waals surface area contributed by atoms with E-state index in [9.17, 15) is 13.2 Å². The molecule has 0 aliphatic carbocycles. The molecule has 30 heavy (non-hydrogen) atoms. The molecule has 3 aromatic rings. The van der Waals surface area contributed by atoms with Crippen LogP contribution in [0.3, 0.4) is 0 Å². The molecule has 0 N–H and O–H groups in total. The highest BCUT2D eigenvalue weighted by atomic mass is 32.2. The van der Waals surface area contributed by atoms with Gasteiger partial charge in [-0.15, -0.1) is 0 Å². The van der Waals surface area contributed by atoms with Crippen LogP contribution >= 0.6 is 0 Å². The Kier molecular flexibility index (Phi) is 6.11. The monoisotopic (exact) mass is 424 g/mol. The lowest BCUT2D eigenvalue weighted by Gasteiger charge is -2.20. The molecule has 1 aromatic heterocycles. The maximum absolute atomic E-state index is 12.9. The third kappa shape index (κ3) is 4.37. The zero-order valence-electron chi connectivity index (χ0n) is 16.7. The number of hydrogen-bond donors (Lipinski definition) is 0. The molecule has 7 heteroatoms. The van der Waals surface area contributed by atoms with Crippen molar-refractivity contribution in [3.63, 3.8) is 0 Å². The van der Waals surface area contributed by atoms with Crippen LogP contribution < -0.4 is 0 Å². The van der Waals surface area contributed by atoms with Gasteiger partial charge < -0.3 is 4.74 Å². The highest BCUT2D eigenvalue weighted by molar-refractivity contribution is 7.89. The molecule has 156 valence electrons. The fraction of sp³-hybridized carbons (Fsp3) is 0.304. The largest absolute Gasteiger partial charge is 0.457 e. The number of para-hydroxylation sites is 1. The predicted molar refractivity (Wildman–Crippen MR) is 115 cm³/mol. The first-order valence-electron chi connectivity index (χ1n) is 10.2. The maximum Gasteiger partial charge on any atom is 0.338 e. The molecule has 2 aromatic carbocycles. The molecule has 1 fully saturated rings. The Bertz CT molecular complexity index is 1130. The first-order chi connectivity index (χ1) is 14.6. The normalized spacial score (nSPS) is 15.6. The van der Waals surface area contributed by atoms with E-state index in [0.717, 1.165) is 42.1 Å². The van der Waals surface area contributed by atoms with E-state index in [1.165, 1.54) is 24.3 Å². The van der Waals surface area contributed by atoms with Crippen molar-refractivity contribution in [1.82, 2.24) is 9.29 Å². The number of pyridine rings is 1. The van der Waals surface area contributed by atoms with Crippen molar-refractivity contribution in [3.8, 4) is 0 Å². The fourth-order valence-electron chi connectivity index (χ4n) is 3.70. The Balaban J connectivity index is 1.45. The van der Waals surface area contributed by atoms with Gasteiger partial charge in [0.1, 0.15) is 6.61 Å². The third-order valence-electron chi connectivity index (χ3n) is 5.37. The molecular formula is C23H24N2O4S. The number of sulfonamides is 1. The van der Waals surface area contributed by atoms with Crippen molar-refractivity contribution in [1.29, 1.82) is 0 Å². The first-order valence-corrected chi connectivity index (χ1v) is 11.6. The molecule has 0 radical (unpaired) electrons. The molecule has 2 heterocycles. The summed E-state index contributed by atoms with van der Waals surface area (Å²) >= 11 is 0. The van der Waals surface area contributed by atoms with Crippen molar-refractivity contribution in [2.75, 3.05) is 13.1 Å². The molecule has 4 rings (SSSR count). The van der Waals surface area contributed by atoms with Crippen LogP contribution in [-0.2, 0) is 21.4 Å². The van der Waals surface area contributed by atoms with Gasteiger partial charge in [-0.2, -0.15) is 4.31 Å². The Morgan fingerprint density at radius 3 is 2.37 bits per heavy atom. The number of aromatic nitrogens is 1. The van der Waals surface area contributed by atoms with E-state index in [0.29, 0.717) is 18.7 Å². The Morgan fingerprint density at radius 2 is 1.63 bits per heavy atom. The van der Waals surface area contributed by atoms with Crippen LogP contribution in [0.2, 0.25) is 0 Å². The summed E-state index contributed by atoms with van der Waals surface area (Å²) in [7, 11) is -3.53. The molecule has 1 aliphatic rings. The maximum atomic E-state index is 12.9. The van der Waals surface area contributed by atoms with Gasteiger partial charge in [-0.25, -0.2) is 13.2 Å². The summed E-state index contributed by atoms with van der Waals surface area (Å²) in [6.45, 7) is 1.19. The zero-order chi connectivity index (χ0) is 21.0. The number of esters is 1. The number of benzene rings is 2. The Morgan fingerprint density at radius 1 is 0.933 bits per heavy atom. The first kappa shape index (κ1) is 20.5. The second-order valence-corrected chi connectivity index (χ2v) is 9.35. The number of carbonyl (C=O) groups is 1. The van der Waals surface area contributed by atoms with Gasteiger partial charge in [0.15, 0.2) is 0 Å². The minimum absolute atomic E-state index is 0.0982. The van der Waals surface area contributed by atoms with Crippen LogP contribution in [0, 0.1) is 0 Å². The smallest absolute Gasteiger partial charge is 0.338 e. The predicted octanol–water partition coefficient (Wildman–Crippen LogP) is 4.16. The van der Waals surface area contributed by atoms with Gasteiger partial charge in [-0.1, -0.05) is 37.1 Å². The number of hydrogen-bond acceptors (Lipinski definition) is 5. The molecule has 0 spiro atoms. The van der Waals surface area contributed by atoms with Crippen molar-refractivity contribution in [2.24, 2.45) is 0 Å². The van der Waals surface area contributed by atoms with E-state index in [4.69, 9.17) is 4.74 Å². The van der Waals surface area contributed by atoms with Crippen LogP contribution in [0.15, 0.2) is 65.7 Å².